The van der Waals surface area contributed by atoms with E-state index in [9.17, 15) is 9.90 Å². The topological polar surface area (TPSA) is 55.8 Å². The van der Waals surface area contributed by atoms with Gasteiger partial charge in [-0.25, -0.2) is 4.79 Å². The van der Waals surface area contributed by atoms with Crippen LogP contribution in [0.15, 0.2) is 42.5 Å². The Morgan fingerprint density at radius 1 is 1.05 bits per heavy atom. The van der Waals surface area contributed by atoms with Crippen LogP contribution in [0.1, 0.15) is 11.1 Å². The van der Waals surface area contributed by atoms with Gasteiger partial charge in [0.2, 0.25) is 0 Å². The van der Waals surface area contributed by atoms with Gasteiger partial charge in [-0.2, -0.15) is 0 Å². The Morgan fingerprint density at radius 3 is 2.23 bits per heavy atom. The highest BCUT2D eigenvalue weighted by molar-refractivity contribution is 6.30. The molecule has 0 saturated heterocycles. The number of aliphatic carboxylic acids is 1. The lowest BCUT2D eigenvalue weighted by Gasteiger charge is -2.10. The number of ether oxygens (including phenoxy) is 2. The highest BCUT2D eigenvalue weighted by atomic mass is 35.5. The van der Waals surface area contributed by atoms with Crippen molar-refractivity contribution in [2.45, 2.75) is 0 Å². The van der Waals surface area contributed by atoms with Crippen LogP contribution in [0.3, 0.4) is 0 Å². The Kier molecular flexibility index (Phi) is 5.07. The fourth-order valence-corrected chi connectivity index (χ4v) is 2.12. The number of hydrogen-bond acceptors (Lipinski definition) is 3. The standard InChI is InChI=1S/C17H15ClO4/c1-21-15-8-5-12(10-16(15)22-2)14(17(19)20)9-11-3-6-13(18)7-4-11/h3-10H,1-2H3,(H,19,20)/b14-9+. The zero-order valence-electron chi connectivity index (χ0n) is 12.2. The molecule has 0 aliphatic heterocycles. The molecule has 0 fully saturated rings. The van der Waals surface area contributed by atoms with E-state index in [1.807, 2.05) is 0 Å². The van der Waals surface area contributed by atoms with Gasteiger partial charge in [-0.1, -0.05) is 29.8 Å². The van der Waals surface area contributed by atoms with Crippen molar-refractivity contribution in [1.29, 1.82) is 0 Å². The quantitative estimate of drug-likeness (QED) is 0.669. The van der Waals surface area contributed by atoms with Crippen LogP contribution < -0.4 is 9.47 Å². The first kappa shape index (κ1) is 15.9. The molecule has 2 aromatic carbocycles. The molecule has 0 radical (unpaired) electrons. The summed E-state index contributed by atoms with van der Waals surface area (Å²) in [6.45, 7) is 0. The Labute approximate surface area is 133 Å². The molecule has 0 amide bonds. The third kappa shape index (κ3) is 3.59. The molecule has 1 N–H and O–H groups in total. The van der Waals surface area contributed by atoms with Crippen LogP contribution in [0.4, 0.5) is 0 Å². The summed E-state index contributed by atoms with van der Waals surface area (Å²) in [5.41, 5.74) is 1.43. The molecule has 0 aliphatic rings. The largest absolute Gasteiger partial charge is 0.493 e. The first-order chi connectivity index (χ1) is 10.5. The minimum absolute atomic E-state index is 0.156. The highest BCUT2D eigenvalue weighted by Crippen LogP contribution is 2.31. The minimum atomic E-state index is -1.03. The molecule has 114 valence electrons. The molecule has 2 rings (SSSR count). The second-order valence-corrected chi connectivity index (χ2v) is 4.92. The number of carboxylic acids is 1. The van der Waals surface area contributed by atoms with Gasteiger partial charge in [0, 0.05) is 5.02 Å². The molecule has 0 heterocycles. The number of halogens is 1. The van der Waals surface area contributed by atoms with E-state index in [0.717, 1.165) is 5.56 Å². The average Bonchev–Trinajstić information content (AvgIpc) is 2.53. The van der Waals surface area contributed by atoms with Crippen molar-refractivity contribution in [2.75, 3.05) is 14.2 Å². The van der Waals surface area contributed by atoms with E-state index < -0.39 is 5.97 Å². The van der Waals surface area contributed by atoms with Crippen LogP contribution in [0.5, 0.6) is 11.5 Å². The minimum Gasteiger partial charge on any atom is -0.493 e. The van der Waals surface area contributed by atoms with Gasteiger partial charge >= 0.3 is 5.97 Å². The molecular weight excluding hydrogens is 304 g/mol. The maximum absolute atomic E-state index is 11.6. The maximum Gasteiger partial charge on any atom is 0.336 e. The summed E-state index contributed by atoms with van der Waals surface area (Å²) in [4.78, 5) is 11.6. The molecule has 0 bridgehead atoms. The average molecular weight is 319 g/mol. The summed E-state index contributed by atoms with van der Waals surface area (Å²) in [6.07, 6.45) is 1.58. The Morgan fingerprint density at radius 2 is 1.68 bits per heavy atom. The van der Waals surface area contributed by atoms with Crippen LogP contribution in [-0.2, 0) is 4.79 Å². The van der Waals surface area contributed by atoms with Gasteiger partial charge in [-0.3, -0.25) is 0 Å². The molecule has 0 saturated carbocycles. The summed E-state index contributed by atoms with van der Waals surface area (Å²) in [7, 11) is 3.03. The SMILES string of the molecule is COc1ccc(/C(=C\c2ccc(Cl)cc2)C(=O)O)cc1OC. The van der Waals surface area contributed by atoms with Gasteiger partial charge in [0.1, 0.15) is 0 Å². The number of carbonyl (C=O) groups is 1. The first-order valence-corrected chi connectivity index (χ1v) is 6.86. The number of rotatable bonds is 5. The molecule has 2 aromatic rings. The molecule has 0 aromatic heterocycles. The van der Waals surface area contributed by atoms with Crippen LogP contribution in [0.2, 0.25) is 5.02 Å². The van der Waals surface area contributed by atoms with Gasteiger partial charge < -0.3 is 14.6 Å². The van der Waals surface area contributed by atoms with Crippen molar-refractivity contribution >= 4 is 29.2 Å². The van der Waals surface area contributed by atoms with Crippen LogP contribution in [0, 0.1) is 0 Å². The smallest absolute Gasteiger partial charge is 0.336 e. The van der Waals surface area contributed by atoms with E-state index in [1.54, 1.807) is 48.5 Å². The molecular formula is C17H15ClO4. The lowest BCUT2D eigenvalue weighted by Crippen LogP contribution is -2.01. The molecule has 5 heteroatoms. The van der Waals surface area contributed by atoms with Crippen LogP contribution >= 0.6 is 11.6 Å². The zero-order valence-corrected chi connectivity index (χ0v) is 12.9. The van der Waals surface area contributed by atoms with E-state index in [1.165, 1.54) is 14.2 Å². The maximum atomic E-state index is 11.6. The Balaban J connectivity index is 2.48. The monoisotopic (exact) mass is 318 g/mol. The zero-order chi connectivity index (χ0) is 16.1. The third-order valence-electron chi connectivity index (χ3n) is 3.11. The fourth-order valence-electron chi connectivity index (χ4n) is 2.00. The molecule has 0 atom stereocenters. The Bertz CT molecular complexity index is 705. The molecule has 0 unspecified atom stereocenters. The van der Waals surface area contributed by atoms with Gasteiger partial charge in [-0.15, -0.1) is 0 Å². The Hall–Kier alpha value is -2.46. The van der Waals surface area contributed by atoms with Crippen molar-refractivity contribution in [3.63, 3.8) is 0 Å². The molecule has 0 aliphatic carbocycles. The summed E-state index contributed by atoms with van der Waals surface area (Å²) < 4.78 is 10.4. The summed E-state index contributed by atoms with van der Waals surface area (Å²) in [5.74, 6) is -0.00657. The molecule has 22 heavy (non-hydrogen) atoms. The van der Waals surface area contributed by atoms with E-state index in [0.29, 0.717) is 22.1 Å². The van der Waals surface area contributed by atoms with E-state index in [2.05, 4.69) is 0 Å². The molecule has 4 nitrogen and oxygen atoms in total. The number of carboxylic acid groups (broad SMARTS) is 1. The van der Waals surface area contributed by atoms with Crippen LogP contribution in [-0.4, -0.2) is 25.3 Å². The second-order valence-electron chi connectivity index (χ2n) is 4.48. The first-order valence-electron chi connectivity index (χ1n) is 6.48. The lowest BCUT2D eigenvalue weighted by molar-refractivity contribution is -0.130. The number of methoxy groups -OCH3 is 2. The van der Waals surface area contributed by atoms with E-state index in [4.69, 9.17) is 21.1 Å². The van der Waals surface area contributed by atoms with Crippen molar-refractivity contribution in [1.82, 2.24) is 0 Å². The second kappa shape index (κ2) is 7.00. The van der Waals surface area contributed by atoms with Gasteiger partial charge in [-0.05, 0) is 41.5 Å². The molecule has 0 spiro atoms. The van der Waals surface area contributed by atoms with Gasteiger partial charge in [0.05, 0.1) is 19.8 Å². The van der Waals surface area contributed by atoms with Crippen molar-refractivity contribution in [2.24, 2.45) is 0 Å². The van der Waals surface area contributed by atoms with E-state index >= 15 is 0 Å². The fraction of sp³-hybridized carbons (Fsp3) is 0.118. The predicted octanol–water partition coefficient (Wildman–Crippen LogP) is 3.98. The summed E-state index contributed by atoms with van der Waals surface area (Å²) in [5, 5.41) is 10.1. The van der Waals surface area contributed by atoms with Gasteiger partial charge in [0.25, 0.3) is 0 Å². The van der Waals surface area contributed by atoms with E-state index in [-0.39, 0.29) is 5.57 Å². The van der Waals surface area contributed by atoms with Crippen molar-refractivity contribution < 1.29 is 19.4 Å². The van der Waals surface area contributed by atoms with Crippen LogP contribution in [0.25, 0.3) is 11.6 Å². The predicted molar refractivity (Wildman–Crippen MR) is 86.5 cm³/mol. The summed E-state index contributed by atoms with van der Waals surface area (Å²) in [6, 6.07) is 11.9. The summed E-state index contributed by atoms with van der Waals surface area (Å²) >= 11 is 5.83. The number of hydrogen-bond donors (Lipinski definition) is 1. The van der Waals surface area contributed by atoms with Crippen molar-refractivity contribution in [3.8, 4) is 11.5 Å². The van der Waals surface area contributed by atoms with Crippen molar-refractivity contribution in [3.05, 3.63) is 58.6 Å². The van der Waals surface area contributed by atoms with Gasteiger partial charge in [0.15, 0.2) is 11.5 Å². The lowest BCUT2D eigenvalue weighted by atomic mass is 10.0. The highest BCUT2D eigenvalue weighted by Gasteiger charge is 2.13. The number of benzene rings is 2. The normalized spacial score (nSPS) is 11.1. The third-order valence-corrected chi connectivity index (χ3v) is 3.36.